The van der Waals surface area contributed by atoms with Crippen molar-refractivity contribution < 1.29 is 14.3 Å². The summed E-state index contributed by atoms with van der Waals surface area (Å²) in [5, 5.41) is 9.63. The van der Waals surface area contributed by atoms with Gasteiger partial charge in [0, 0.05) is 12.1 Å². The molecule has 0 unspecified atom stereocenters. The van der Waals surface area contributed by atoms with Gasteiger partial charge in [-0.25, -0.2) is 9.11 Å². The second kappa shape index (κ2) is 6.13. The maximum atomic E-state index is 13.9. The predicted molar refractivity (Wildman–Crippen MR) is 66.1 cm³/mol. The highest BCUT2D eigenvalue weighted by atomic mass is 32.2. The van der Waals surface area contributed by atoms with E-state index in [0.717, 1.165) is 12.1 Å². The summed E-state index contributed by atoms with van der Waals surface area (Å²) in [6.07, 6.45) is 5.74. The minimum absolute atomic E-state index is 0.0328. The van der Waals surface area contributed by atoms with E-state index in [2.05, 4.69) is 10.6 Å². The highest BCUT2D eigenvalue weighted by Crippen LogP contribution is 2.34. The van der Waals surface area contributed by atoms with Crippen LogP contribution in [0.4, 0.5) is 10.1 Å². The number of halogens is 1. The summed E-state index contributed by atoms with van der Waals surface area (Å²) >= 11 is 0.985. The number of anilines is 1. The van der Waals surface area contributed by atoms with Gasteiger partial charge in [0.1, 0.15) is 17.7 Å². The molecule has 17 heavy (non-hydrogen) atoms. The molecule has 0 aliphatic rings. The molecule has 0 aromatic heterocycles. The van der Waals surface area contributed by atoms with E-state index < -0.39 is 5.82 Å². The Morgan fingerprint density at radius 3 is 2.94 bits per heavy atom. The average molecular weight is 254 g/mol. The molecule has 0 aliphatic heterocycles. The number of aldehydes is 1. The number of benzene rings is 1. The van der Waals surface area contributed by atoms with E-state index in [9.17, 15) is 14.3 Å². The molecule has 1 aromatic carbocycles. The number of hydrogen-bond acceptors (Lipinski definition) is 5. The van der Waals surface area contributed by atoms with E-state index in [1.54, 1.807) is 7.05 Å². The van der Waals surface area contributed by atoms with Crippen LogP contribution in [0.3, 0.4) is 0 Å². The lowest BCUT2D eigenvalue weighted by atomic mass is 10.1. The topological polar surface area (TPSA) is 52.6 Å². The Kier molecular flexibility index (Phi) is 4.82. The second-order valence-electron chi connectivity index (χ2n) is 2.96. The largest absolute Gasteiger partial charge is 0.506 e. The Labute approximate surface area is 103 Å². The fraction of sp³-hybridized carbons (Fsp3) is 0.182. The molecular weight excluding hydrogens is 243 g/mol. The number of rotatable bonds is 5. The van der Waals surface area contributed by atoms with Gasteiger partial charge in [-0.2, -0.15) is 0 Å². The van der Waals surface area contributed by atoms with Crippen molar-refractivity contribution in [3.63, 3.8) is 0 Å². The minimum atomic E-state index is -0.725. The normalized spacial score (nSPS) is 9.71. The Balaban J connectivity index is 3.26. The van der Waals surface area contributed by atoms with Crippen LogP contribution in [0.1, 0.15) is 5.56 Å². The maximum absolute atomic E-state index is 13.9. The fourth-order valence-electron chi connectivity index (χ4n) is 1.26. The number of nitrogens with one attached hydrogen (secondary N) is 1. The van der Waals surface area contributed by atoms with Gasteiger partial charge in [0.15, 0.2) is 5.82 Å². The fourth-order valence-corrected chi connectivity index (χ4v) is 1.88. The first-order chi connectivity index (χ1) is 8.15. The Bertz CT molecular complexity index is 460. The van der Waals surface area contributed by atoms with Gasteiger partial charge < -0.3 is 9.90 Å². The van der Waals surface area contributed by atoms with Gasteiger partial charge in [-0.15, -0.1) is 6.42 Å². The monoisotopic (exact) mass is 254 g/mol. The molecule has 6 heteroatoms. The third-order valence-corrected chi connectivity index (χ3v) is 2.68. The number of aromatic hydroxyl groups is 1. The average Bonchev–Trinajstić information content (AvgIpc) is 2.30. The van der Waals surface area contributed by atoms with E-state index in [-0.39, 0.29) is 23.5 Å². The summed E-state index contributed by atoms with van der Waals surface area (Å²) < 4.78 is 17.9. The third kappa shape index (κ3) is 2.90. The summed E-state index contributed by atoms with van der Waals surface area (Å²) in [4.78, 5) is 10.5. The van der Waals surface area contributed by atoms with Gasteiger partial charge in [-0.05, 0) is 19.2 Å². The van der Waals surface area contributed by atoms with Gasteiger partial charge in [-0.3, -0.25) is 4.31 Å². The van der Waals surface area contributed by atoms with Crippen molar-refractivity contribution in [3.05, 3.63) is 23.5 Å². The number of carbonyl (C=O) groups excluding carboxylic acids is 1. The van der Waals surface area contributed by atoms with Crippen LogP contribution in [0.15, 0.2) is 12.1 Å². The number of phenolic OH excluding ortho intramolecular Hbond substituents is 1. The number of terminal acetylenes is 1. The molecule has 0 saturated heterocycles. The van der Waals surface area contributed by atoms with Crippen LogP contribution in [0.2, 0.25) is 0 Å². The molecule has 0 spiro atoms. The third-order valence-electron chi connectivity index (χ3n) is 1.94. The molecule has 0 fully saturated rings. The summed E-state index contributed by atoms with van der Waals surface area (Å²) in [6, 6.07) is 2.60. The molecule has 0 atom stereocenters. The van der Waals surface area contributed by atoms with Crippen molar-refractivity contribution in [2.75, 3.05) is 17.9 Å². The van der Waals surface area contributed by atoms with E-state index in [4.69, 9.17) is 6.42 Å². The molecule has 0 heterocycles. The molecule has 0 bridgehead atoms. The SMILES string of the molecule is C#Cc1ccc(O)c(N(CC=O)SNC)c1F. The first-order valence-electron chi connectivity index (χ1n) is 4.68. The van der Waals surface area contributed by atoms with E-state index in [0.29, 0.717) is 6.29 Å². The van der Waals surface area contributed by atoms with Crippen LogP contribution in [0.25, 0.3) is 0 Å². The van der Waals surface area contributed by atoms with Crippen molar-refractivity contribution in [2.24, 2.45) is 0 Å². The van der Waals surface area contributed by atoms with Crippen molar-refractivity contribution in [1.82, 2.24) is 4.72 Å². The molecular formula is C11H11FN2O2S. The quantitative estimate of drug-likeness (QED) is 0.471. The van der Waals surface area contributed by atoms with Crippen LogP contribution in [-0.2, 0) is 4.79 Å². The van der Waals surface area contributed by atoms with Gasteiger partial charge in [0.05, 0.1) is 12.1 Å². The van der Waals surface area contributed by atoms with E-state index in [1.807, 2.05) is 0 Å². The van der Waals surface area contributed by atoms with Crippen LogP contribution < -0.4 is 9.03 Å². The Morgan fingerprint density at radius 1 is 1.71 bits per heavy atom. The highest BCUT2D eigenvalue weighted by molar-refractivity contribution is 7.98. The molecule has 1 rings (SSSR count). The molecule has 4 nitrogen and oxygen atoms in total. The maximum Gasteiger partial charge on any atom is 0.166 e. The van der Waals surface area contributed by atoms with Crippen LogP contribution in [0, 0.1) is 18.2 Å². The summed E-state index contributed by atoms with van der Waals surface area (Å²) in [5.74, 6) is 1.17. The predicted octanol–water partition coefficient (Wildman–Crippen LogP) is 1.30. The Morgan fingerprint density at radius 2 is 2.41 bits per heavy atom. The summed E-state index contributed by atoms with van der Waals surface area (Å²) in [5.41, 5.74) is -0.0719. The Hall–Kier alpha value is -1.71. The van der Waals surface area contributed by atoms with Crippen LogP contribution in [0.5, 0.6) is 5.75 Å². The molecule has 0 saturated carbocycles. The highest BCUT2D eigenvalue weighted by Gasteiger charge is 2.19. The molecule has 2 N–H and O–H groups in total. The van der Waals surface area contributed by atoms with Gasteiger partial charge in [-0.1, -0.05) is 5.92 Å². The summed E-state index contributed by atoms with van der Waals surface area (Å²) in [6.45, 7) is -0.0794. The smallest absolute Gasteiger partial charge is 0.166 e. The van der Waals surface area contributed by atoms with Crippen molar-refractivity contribution >= 4 is 24.1 Å². The zero-order valence-electron chi connectivity index (χ0n) is 9.11. The summed E-state index contributed by atoms with van der Waals surface area (Å²) in [7, 11) is 1.61. The molecule has 0 aliphatic carbocycles. The zero-order valence-corrected chi connectivity index (χ0v) is 9.92. The number of carbonyl (C=O) groups is 1. The van der Waals surface area contributed by atoms with Gasteiger partial charge >= 0.3 is 0 Å². The lowest BCUT2D eigenvalue weighted by Gasteiger charge is -2.21. The zero-order chi connectivity index (χ0) is 12.8. The van der Waals surface area contributed by atoms with Gasteiger partial charge in [0.25, 0.3) is 0 Å². The van der Waals surface area contributed by atoms with Crippen molar-refractivity contribution in [3.8, 4) is 18.1 Å². The van der Waals surface area contributed by atoms with Gasteiger partial charge in [0.2, 0.25) is 0 Å². The molecule has 0 radical (unpaired) electrons. The lowest BCUT2D eigenvalue weighted by molar-refractivity contribution is -0.106. The van der Waals surface area contributed by atoms with Crippen LogP contribution in [-0.4, -0.2) is 25.0 Å². The second-order valence-corrected chi connectivity index (χ2v) is 3.99. The first-order valence-corrected chi connectivity index (χ1v) is 5.46. The minimum Gasteiger partial charge on any atom is -0.506 e. The molecule has 90 valence electrons. The standard InChI is InChI=1S/C11H11FN2O2S/c1-3-8-4-5-9(16)11(10(8)12)14(6-7-15)17-13-2/h1,4-5,7,13,16H,6H2,2H3. The van der Waals surface area contributed by atoms with Crippen molar-refractivity contribution in [1.29, 1.82) is 0 Å². The molecule has 0 amide bonds. The van der Waals surface area contributed by atoms with E-state index >= 15 is 0 Å². The first kappa shape index (κ1) is 13.4. The number of nitrogens with zero attached hydrogens (tertiary/aromatic N) is 1. The number of phenols is 1. The van der Waals surface area contributed by atoms with Crippen LogP contribution >= 0.6 is 12.1 Å². The van der Waals surface area contributed by atoms with Crippen molar-refractivity contribution in [2.45, 2.75) is 0 Å². The van der Waals surface area contributed by atoms with E-state index in [1.165, 1.54) is 16.4 Å². The number of hydrogen-bond donors (Lipinski definition) is 2. The lowest BCUT2D eigenvalue weighted by Crippen LogP contribution is -2.22. The molecule has 1 aromatic rings.